The number of hydrazine groups is 1. The van der Waals surface area contributed by atoms with Gasteiger partial charge in [-0.15, -0.1) is 0 Å². The molecule has 8 nitrogen and oxygen atoms in total. The van der Waals surface area contributed by atoms with Crippen molar-refractivity contribution in [1.29, 1.82) is 0 Å². The number of carbonyl (C=O) groups excluding carboxylic acids is 3. The number of anilines is 2. The van der Waals surface area contributed by atoms with E-state index in [2.05, 4.69) is 10.7 Å². The van der Waals surface area contributed by atoms with Crippen LogP contribution >= 0.6 is 11.6 Å². The van der Waals surface area contributed by atoms with Crippen LogP contribution in [0.25, 0.3) is 6.08 Å². The van der Waals surface area contributed by atoms with E-state index in [1.807, 2.05) is 6.07 Å². The van der Waals surface area contributed by atoms with Crippen molar-refractivity contribution >= 4 is 46.8 Å². The molecule has 0 radical (unpaired) electrons. The molecule has 3 aromatic rings. The molecule has 1 aliphatic rings. The molecule has 0 atom stereocenters. The molecule has 0 bridgehead atoms. The van der Waals surface area contributed by atoms with E-state index >= 15 is 0 Å². The van der Waals surface area contributed by atoms with Crippen molar-refractivity contribution < 1.29 is 23.9 Å². The third kappa shape index (κ3) is 5.02. The SMILES string of the molecule is COc1cc(Cl)cc(/C=C2/C(=O)NN(c3ccccc3)C2=O)c1OCC(=O)Nc1ccccc1. The van der Waals surface area contributed by atoms with Crippen LogP contribution in [0.4, 0.5) is 11.4 Å². The molecule has 1 saturated heterocycles. The molecular formula is C25H20ClN3O5. The number of hydrogen-bond donors (Lipinski definition) is 2. The second kappa shape index (κ2) is 10.1. The number of benzene rings is 3. The third-order valence-electron chi connectivity index (χ3n) is 4.88. The highest BCUT2D eigenvalue weighted by Gasteiger charge is 2.34. The molecule has 9 heteroatoms. The lowest BCUT2D eigenvalue weighted by Gasteiger charge is -2.15. The van der Waals surface area contributed by atoms with Crippen molar-refractivity contribution in [1.82, 2.24) is 5.43 Å². The Bertz CT molecular complexity index is 1260. The first-order chi connectivity index (χ1) is 16.5. The summed E-state index contributed by atoms with van der Waals surface area (Å²) in [7, 11) is 1.42. The highest BCUT2D eigenvalue weighted by atomic mass is 35.5. The lowest BCUT2D eigenvalue weighted by Crippen LogP contribution is -2.35. The lowest BCUT2D eigenvalue weighted by atomic mass is 10.1. The van der Waals surface area contributed by atoms with Crippen molar-refractivity contribution in [3.05, 3.63) is 89.0 Å². The van der Waals surface area contributed by atoms with Crippen LogP contribution in [0.3, 0.4) is 0 Å². The Labute approximate surface area is 200 Å². The number of nitrogens with zero attached hydrogens (tertiary/aromatic N) is 1. The predicted octanol–water partition coefficient (Wildman–Crippen LogP) is 3.83. The van der Waals surface area contributed by atoms with Gasteiger partial charge in [-0.2, -0.15) is 0 Å². The van der Waals surface area contributed by atoms with E-state index in [0.717, 1.165) is 5.01 Å². The van der Waals surface area contributed by atoms with Gasteiger partial charge in [-0.05, 0) is 36.4 Å². The molecule has 0 aromatic heterocycles. The highest BCUT2D eigenvalue weighted by Crippen LogP contribution is 2.37. The molecule has 0 aliphatic carbocycles. The van der Waals surface area contributed by atoms with Crippen LogP contribution < -0.4 is 25.2 Å². The Morgan fingerprint density at radius 1 is 1.06 bits per heavy atom. The summed E-state index contributed by atoms with van der Waals surface area (Å²) >= 11 is 6.21. The molecular weight excluding hydrogens is 458 g/mol. The van der Waals surface area contributed by atoms with Gasteiger partial charge in [0.05, 0.1) is 12.8 Å². The molecule has 0 unspecified atom stereocenters. The number of hydrogen-bond acceptors (Lipinski definition) is 5. The number of halogens is 1. The highest BCUT2D eigenvalue weighted by molar-refractivity contribution is 6.32. The summed E-state index contributed by atoms with van der Waals surface area (Å²) in [4.78, 5) is 37.9. The topological polar surface area (TPSA) is 97.0 Å². The van der Waals surface area contributed by atoms with E-state index in [0.29, 0.717) is 22.0 Å². The second-order valence-corrected chi connectivity index (χ2v) is 7.64. The average Bonchev–Trinajstić information content (AvgIpc) is 3.12. The fourth-order valence-electron chi connectivity index (χ4n) is 3.33. The van der Waals surface area contributed by atoms with Crippen LogP contribution in [0.2, 0.25) is 5.02 Å². The van der Waals surface area contributed by atoms with E-state index in [-0.39, 0.29) is 23.7 Å². The zero-order valence-corrected chi connectivity index (χ0v) is 18.8. The van der Waals surface area contributed by atoms with Crippen molar-refractivity contribution in [2.24, 2.45) is 0 Å². The first kappa shape index (κ1) is 22.9. The van der Waals surface area contributed by atoms with Crippen LogP contribution in [0.1, 0.15) is 5.56 Å². The average molecular weight is 478 g/mol. The summed E-state index contributed by atoms with van der Waals surface area (Å²) in [6.45, 7) is -0.334. The van der Waals surface area contributed by atoms with Gasteiger partial charge in [-0.3, -0.25) is 19.8 Å². The van der Waals surface area contributed by atoms with Gasteiger partial charge in [0.25, 0.3) is 17.7 Å². The number of nitrogens with one attached hydrogen (secondary N) is 2. The summed E-state index contributed by atoms with van der Waals surface area (Å²) in [5.41, 5.74) is 3.87. The molecule has 1 heterocycles. The number of ether oxygens (including phenoxy) is 2. The summed E-state index contributed by atoms with van der Waals surface area (Å²) in [5, 5.41) is 4.18. The van der Waals surface area contributed by atoms with Crippen LogP contribution in [0.15, 0.2) is 78.4 Å². The number of rotatable bonds is 7. The van der Waals surface area contributed by atoms with Crippen molar-refractivity contribution in [2.45, 2.75) is 0 Å². The zero-order valence-electron chi connectivity index (χ0n) is 18.1. The molecule has 0 spiro atoms. The molecule has 34 heavy (non-hydrogen) atoms. The fourth-order valence-corrected chi connectivity index (χ4v) is 3.55. The smallest absolute Gasteiger partial charge is 0.282 e. The van der Waals surface area contributed by atoms with E-state index < -0.39 is 17.7 Å². The number of carbonyl (C=O) groups is 3. The van der Waals surface area contributed by atoms with Gasteiger partial charge in [0.2, 0.25) is 0 Å². The zero-order chi connectivity index (χ0) is 24.1. The molecule has 3 aromatic carbocycles. The maximum atomic E-state index is 12.9. The molecule has 1 fully saturated rings. The second-order valence-electron chi connectivity index (χ2n) is 7.20. The van der Waals surface area contributed by atoms with Gasteiger partial charge in [0.15, 0.2) is 18.1 Å². The number of methoxy groups -OCH3 is 1. The monoisotopic (exact) mass is 477 g/mol. The molecule has 3 amide bonds. The van der Waals surface area contributed by atoms with Crippen LogP contribution in [0.5, 0.6) is 11.5 Å². The standard InChI is InChI=1S/C25H20ClN3O5/c1-33-21-14-17(26)12-16(23(21)34-15-22(30)27-18-8-4-2-5-9-18)13-20-24(31)28-29(25(20)32)19-10-6-3-7-11-19/h2-14H,15H2,1H3,(H,27,30)(H,28,31)/b20-13-. The maximum Gasteiger partial charge on any atom is 0.282 e. The van der Waals surface area contributed by atoms with Crippen molar-refractivity contribution in [3.8, 4) is 11.5 Å². The largest absolute Gasteiger partial charge is 0.493 e. The molecule has 4 rings (SSSR count). The van der Waals surface area contributed by atoms with Crippen molar-refractivity contribution in [3.63, 3.8) is 0 Å². The van der Waals surface area contributed by atoms with Gasteiger partial charge in [-0.25, -0.2) is 5.01 Å². The minimum absolute atomic E-state index is 0.119. The van der Waals surface area contributed by atoms with Gasteiger partial charge in [0, 0.05) is 22.3 Å². The van der Waals surface area contributed by atoms with Gasteiger partial charge in [0.1, 0.15) is 5.57 Å². The molecule has 2 N–H and O–H groups in total. The Balaban J connectivity index is 1.61. The minimum Gasteiger partial charge on any atom is -0.493 e. The summed E-state index contributed by atoms with van der Waals surface area (Å²) in [6, 6.07) is 20.7. The number of para-hydroxylation sites is 2. The Morgan fingerprint density at radius 2 is 1.74 bits per heavy atom. The van der Waals surface area contributed by atoms with E-state index in [1.165, 1.54) is 25.3 Å². The number of amides is 3. The fraction of sp³-hybridized carbons (Fsp3) is 0.0800. The first-order valence-electron chi connectivity index (χ1n) is 10.2. The van der Waals surface area contributed by atoms with Crippen LogP contribution in [0, 0.1) is 0 Å². The Hall–Kier alpha value is -4.30. The molecule has 0 saturated carbocycles. The van der Waals surface area contributed by atoms with Gasteiger partial charge in [-0.1, -0.05) is 48.0 Å². The molecule has 172 valence electrons. The Morgan fingerprint density at radius 3 is 2.41 bits per heavy atom. The van der Waals surface area contributed by atoms with Gasteiger partial charge >= 0.3 is 0 Å². The quantitative estimate of drug-likeness (QED) is 0.398. The first-order valence-corrected chi connectivity index (χ1v) is 10.6. The summed E-state index contributed by atoms with van der Waals surface area (Å²) < 4.78 is 11.1. The van der Waals surface area contributed by atoms with E-state index in [1.54, 1.807) is 54.6 Å². The normalized spacial score (nSPS) is 14.2. The Kier molecular flexibility index (Phi) is 6.79. The predicted molar refractivity (Wildman–Crippen MR) is 129 cm³/mol. The van der Waals surface area contributed by atoms with E-state index in [9.17, 15) is 14.4 Å². The van der Waals surface area contributed by atoms with Crippen LogP contribution in [-0.4, -0.2) is 31.4 Å². The molecule has 1 aliphatic heterocycles. The summed E-state index contributed by atoms with van der Waals surface area (Å²) in [6.07, 6.45) is 1.36. The third-order valence-corrected chi connectivity index (χ3v) is 5.10. The van der Waals surface area contributed by atoms with E-state index in [4.69, 9.17) is 21.1 Å². The minimum atomic E-state index is -0.583. The van der Waals surface area contributed by atoms with Crippen molar-refractivity contribution in [2.75, 3.05) is 24.0 Å². The lowest BCUT2D eigenvalue weighted by molar-refractivity contribution is -0.118. The summed E-state index contributed by atoms with van der Waals surface area (Å²) in [5.74, 6) is -1.10. The van der Waals surface area contributed by atoms with Crippen LogP contribution in [-0.2, 0) is 14.4 Å². The maximum absolute atomic E-state index is 12.9. The van der Waals surface area contributed by atoms with Gasteiger partial charge < -0.3 is 14.8 Å².